The Labute approximate surface area is 210 Å². The average molecular weight is 503 g/mol. The molecule has 2 saturated heterocycles. The number of piperidine rings is 1. The van der Waals surface area contributed by atoms with Gasteiger partial charge in [0.1, 0.15) is 11.6 Å². The zero-order valence-corrected chi connectivity index (χ0v) is 20.8. The van der Waals surface area contributed by atoms with E-state index in [1.54, 1.807) is 36.4 Å². The predicted molar refractivity (Wildman–Crippen MR) is 131 cm³/mol. The molecule has 1 saturated carbocycles. The summed E-state index contributed by atoms with van der Waals surface area (Å²) < 4.78 is 20.3. The van der Waals surface area contributed by atoms with E-state index in [0.29, 0.717) is 41.9 Å². The van der Waals surface area contributed by atoms with E-state index in [0.717, 1.165) is 50.1 Å². The van der Waals surface area contributed by atoms with E-state index in [4.69, 9.17) is 16.3 Å². The second-order valence-corrected chi connectivity index (χ2v) is 10.9. The van der Waals surface area contributed by atoms with Crippen molar-refractivity contribution in [3.05, 3.63) is 47.0 Å². The lowest BCUT2D eigenvalue weighted by atomic mass is 9.90. The molecular weight excluding hydrogens is 471 g/mol. The molecule has 188 valence electrons. The van der Waals surface area contributed by atoms with Gasteiger partial charge >= 0.3 is 0 Å². The highest BCUT2D eigenvalue weighted by molar-refractivity contribution is 6.30. The number of carbonyl (C=O) groups is 1. The summed E-state index contributed by atoms with van der Waals surface area (Å²) in [6.45, 7) is 4.79. The predicted octanol–water partition coefficient (Wildman–Crippen LogP) is 3.73. The number of aromatic nitrogens is 2. The minimum atomic E-state index is -0.823. The van der Waals surface area contributed by atoms with Crippen molar-refractivity contribution in [3.63, 3.8) is 0 Å². The molecule has 3 fully saturated rings. The largest absolute Gasteiger partial charge is 0.493 e. The number of aliphatic hydroxyl groups is 1. The molecule has 0 spiro atoms. The summed E-state index contributed by atoms with van der Waals surface area (Å²) in [6.07, 6.45) is 7.79. The van der Waals surface area contributed by atoms with Gasteiger partial charge in [-0.15, -0.1) is 0 Å². The number of rotatable bonds is 8. The second kappa shape index (κ2) is 9.90. The number of hydrogen-bond acceptors (Lipinski definition) is 6. The molecule has 2 aliphatic heterocycles. The maximum Gasteiger partial charge on any atom is 0.227 e. The van der Waals surface area contributed by atoms with Gasteiger partial charge in [-0.05, 0) is 62.0 Å². The van der Waals surface area contributed by atoms with Gasteiger partial charge in [0, 0.05) is 19.2 Å². The van der Waals surface area contributed by atoms with Gasteiger partial charge < -0.3 is 19.6 Å². The first-order chi connectivity index (χ1) is 16.8. The number of ether oxygens (including phenoxy) is 1. The fourth-order valence-electron chi connectivity index (χ4n) is 5.49. The van der Waals surface area contributed by atoms with Gasteiger partial charge in [-0.2, -0.15) is 0 Å². The van der Waals surface area contributed by atoms with Crippen molar-refractivity contribution in [1.82, 2.24) is 14.9 Å². The third-order valence-electron chi connectivity index (χ3n) is 7.55. The molecule has 1 aliphatic carbocycles. The molecule has 1 amide bonds. The Hall–Kier alpha value is -2.45. The van der Waals surface area contributed by atoms with Crippen LogP contribution in [0.5, 0.6) is 5.75 Å². The van der Waals surface area contributed by atoms with Crippen molar-refractivity contribution in [3.8, 4) is 5.75 Å². The molecule has 9 heteroatoms. The van der Waals surface area contributed by atoms with E-state index < -0.39 is 11.4 Å². The van der Waals surface area contributed by atoms with E-state index in [-0.39, 0.29) is 12.3 Å². The average Bonchev–Trinajstić information content (AvgIpc) is 3.59. The number of β-amino-alcohol motifs (C(OH)–C–C–N with tert-alkyl or cyclic N) is 1. The van der Waals surface area contributed by atoms with Crippen LogP contribution in [0.15, 0.2) is 30.6 Å². The highest BCUT2D eigenvalue weighted by atomic mass is 35.5. The van der Waals surface area contributed by atoms with E-state index in [1.807, 2.05) is 0 Å². The Morgan fingerprint density at radius 3 is 2.63 bits per heavy atom. The van der Waals surface area contributed by atoms with Crippen LogP contribution in [0.25, 0.3) is 0 Å². The Morgan fingerprint density at radius 1 is 1.26 bits per heavy atom. The van der Waals surface area contributed by atoms with E-state index in [9.17, 15) is 14.3 Å². The molecule has 0 unspecified atom stereocenters. The number of amides is 1. The lowest BCUT2D eigenvalue weighted by Crippen LogP contribution is -2.62. The molecule has 7 nitrogen and oxygen atoms in total. The van der Waals surface area contributed by atoms with Crippen LogP contribution in [0.1, 0.15) is 38.2 Å². The molecule has 1 aromatic heterocycles. The molecule has 2 aromatic rings. The van der Waals surface area contributed by atoms with Crippen molar-refractivity contribution >= 4 is 23.5 Å². The van der Waals surface area contributed by atoms with Gasteiger partial charge in [-0.25, -0.2) is 14.4 Å². The van der Waals surface area contributed by atoms with Crippen LogP contribution in [-0.2, 0) is 11.2 Å². The zero-order valence-electron chi connectivity index (χ0n) is 20.0. The van der Waals surface area contributed by atoms with Crippen molar-refractivity contribution in [2.24, 2.45) is 17.8 Å². The van der Waals surface area contributed by atoms with Crippen LogP contribution in [0, 0.1) is 23.6 Å². The number of nitrogens with zero attached hydrogens (tertiary/aromatic N) is 4. The molecule has 2 atom stereocenters. The van der Waals surface area contributed by atoms with Crippen LogP contribution < -0.4 is 9.64 Å². The van der Waals surface area contributed by atoms with Crippen LogP contribution in [0.2, 0.25) is 5.02 Å². The van der Waals surface area contributed by atoms with Gasteiger partial charge in [0.05, 0.1) is 49.1 Å². The van der Waals surface area contributed by atoms with Crippen molar-refractivity contribution in [2.45, 2.75) is 44.6 Å². The van der Waals surface area contributed by atoms with E-state index >= 15 is 0 Å². The van der Waals surface area contributed by atoms with Gasteiger partial charge in [0.2, 0.25) is 11.9 Å². The summed E-state index contributed by atoms with van der Waals surface area (Å²) in [7, 11) is 0. The highest BCUT2D eigenvalue weighted by Crippen LogP contribution is 2.49. The molecule has 0 bridgehead atoms. The third-order valence-corrected chi connectivity index (χ3v) is 7.75. The van der Waals surface area contributed by atoms with E-state index in [2.05, 4.69) is 14.9 Å². The minimum absolute atomic E-state index is 0.00505. The molecular formula is C26H32ClFN4O3. The first-order valence-corrected chi connectivity index (χ1v) is 12.8. The van der Waals surface area contributed by atoms with Crippen LogP contribution in [0.3, 0.4) is 0 Å². The Morgan fingerprint density at radius 2 is 1.97 bits per heavy atom. The smallest absolute Gasteiger partial charge is 0.227 e. The van der Waals surface area contributed by atoms with Gasteiger partial charge in [-0.1, -0.05) is 17.7 Å². The normalized spacial score (nSPS) is 23.7. The molecule has 3 heterocycles. The summed E-state index contributed by atoms with van der Waals surface area (Å²) in [5.41, 5.74) is -0.470. The summed E-state index contributed by atoms with van der Waals surface area (Å²) in [6, 6.07) is 4.73. The third kappa shape index (κ3) is 5.86. The minimum Gasteiger partial charge on any atom is -0.493 e. The maximum absolute atomic E-state index is 14.5. The van der Waals surface area contributed by atoms with Crippen LogP contribution >= 0.6 is 11.6 Å². The summed E-state index contributed by atoms with van der Waals surface area (Å²) >= 11 is 5.88. The van der Waals surface area contributed by atoms with Gasteiger partial charge in [0.25, 0.3) is 0 Å². The quantitative estimate of drug-likeness (QED) is 0.592. The number of halogens is 2. The lowest BCUT2D eigenvalue weighted by molar-refractivity contribution is -0.151. The standard InChI is InChI=1S/C26H32ClFN4O3/c1-26(34)15-32(16-26)24(33)11-19-2-3-21(12-23(19)28)35-9-6-18-10-22(18)17-4-7-31(8-5-17)25-29-13-20(27)14-30-25/h2-3,12-14,17-18,22,34H,4-11,15-16H2,1H3/t18-,22-/m0/s1. The second-order valence-electron chi connectivity index (χ2n) is 10.5. The lowest BCUT2D eigenvalue weighted by Gasteiger charge is -2.44. The first-order valence-electron chi connectivity index (χ1n) is 12.4. The highest BCUT2D eigenvalue weighted by Gasteiger charge is 2.43. The molecule has 5 rings (SSSR count). The molecule has 1 N–H and O–H groups in total. The van der Waals surface area contributed by atoms with E-state index in [1.165, 1.54) is 12.5 Å². The van der Waals surface area contributed by atoms with Gasteiger partial charge in [0.15, 0.2) is 0 Å². The summed E-state index contributed by atoms with van der Waals surface area (Å²) in [5.74, 6) is 2.81. The number of benzene rings is 1. The topological polar surface area (TPSA) is 78.8 Å². The summed E-state index contributed by atoms with van der Waals surface area (Å²) in [4.78, 5) is 24.7. The van der Waals surface area contributed by atoms with Crippen molar-refractivity contribution in [2.75, 3.05) is 37.7 Å². The maximum atomic E-state index is 14.5. The number of anilines is 1. The molecule has 3 aliphatic rings. The Balaban J connectivity index is 1.02. The number of carbonyl (C=O) groups excluding carboxylic acids is 1. The fourth-order valence-corrected chi connectivity index (χ4v) is 5.59. The number of hydrogen-bond donors (Lipinski definition) is 1. The molecule has 0 radical (unpaired) electrons. The molecule has 1 aromatic carbocycles. The van der Waals surface area contributed by atoms with Crippen LogP contribution in [0.4, 0.5) is 10.3 Å². The first kappa shape index (κ1) is 24.3. The molecule has 35 heavy (non-hydrogen) atoms. The monoisotopic (exact) mass is 502 g/mol. The SMILES string of the molecule is CC1(O)CN(C(=O)Cc2ccc(OCC[C@H]3C[C@H]3C3CCN(c4ncc(Cl)cn4)CC3)cc2F)C1. The van der Waals surface area contributed by atoms with Crippen LogP contribution in [-0.4, -0.2) is 64.3 Å². The number of likely N-dealkylation sites (tertiary alicyclic amines) is 1. The summed E-state index contributed by atoms with van der Waals surface area (Å²) in [5, 5.41) is 10.3. The Bertz CT molecular complexity index is 1050. The van der Waals surface area contributed by atoms with Crippen molar-refractivity contribution < 1.29 is 19.0 Å². The van der Waals surface area contributed by atoms with Gasteiger partial charge in [-0.3, -0.25) is 4.79 Å². The Kier molecular flexibility index (Phi) is 6.86. The zero-order chi connectivity index (χ0) is 24.6. The fraction of sp³-hybridized carbons (Fsp3) is 0.577. The van der Waals surface area contributed by atoms with Crippen molar-refractivity contribution in [1.29, 1.82) is 0 Å².